The molecule has 20 heavy (non-hydrogen) atoms. The molecule has 2 N–H and O–H groups in total. The van der Waals surface area contributed by atoms with Gasteiger partial charge in [0.2, 0.25) is 0 Å². The van der Waals surface area contributed by atoms with Crippen molar-refractivity contribution in [2.45, 2.75) is 38.8 Å². The minimum Gasteiger partial charge on any atom is -0.327 e. The van der Waals surface area contributed by atoms with Crippen molar-refractivity contribution in [3.05, 3.63) is 34.9 Å². The molecule has 0 saturated carbocycles. The number of rotatable bonds is 4. The number of hydrogen-bond acceptors (Lipinski definition) is 3. The topological polar surface area (TPSA) is 32.5 Å². The number of nitrogens with zero attached hydrogens (tertiary/aromatic N) is 2. The van der Waals surface area contributed by atoms with Crippen molar-refractivity contribution in [2.24, 2.45) is 5.73 Å². The molecular weight excluding hydrogens is 246 g/mol. The number of hydrogen-bond donors (Lipinski definition) is 1. The maximum absolute atomic E-state index is 6.40. The molecule has 2 rings (SSSR count). The first-order valence-corrected chi connectivity index (χ1v) is 7.65. The predicted octanol–water partition coefficient (Wildman–Crippen LogP) is 1.81. The monoisotopic (exact) mass is 275 g/mol. The number of aryl methyl sites for hydroxylation is 2. The summed E-state index contributed by atoms with van der Waals surface area (Å²) in [7, 11) is 4.43. The van der Waals surface area contributed by atoms with E-state index in [0.717, 1.165) is 25.9 Å². The summed E-state index contributed by atoms with van der Waals surface area (Å²) in [6, 6.07) is 7.59. The Hall–Kier alpha value is -0.900. The molecule has 1 aromatic carbocycles. The Morgan fingerprint density at radius 2 is 1.80 bits per heavy atom. The molecule has 0 aliphatic carbocycles. The smallest absolute Gasteiger partial charge is 0.0235 e. The fraction of sp³-hybridized carbons (Fsp3) is 0.647. The average Bonchev–Trinajstić information content (AvgIpc) is 2.32. The van der Waals surface area contributed by atoms with Gasteiger partial charge in [-0.2, -0.15) is 0 Å². The number of benzene rings is 1. The lowest BCUT2D eigenvalue weighted by Gasteiger charge is -2.38. The first kappa shape index (κ1) is 15.5. The van der Waals surface area contributed by atoms with Crippen LogP contribution < -0.4 is 5.73 Å². The van der Waals surface area contributed by atoms with E-state index in [4.69, 9.17) is 5.73 Å². The maximum Gasteiger partial charge on any atom is 0.0235 e. The molecule has 112 valence electrons. The molecule has 0 spiro atoms. The zero-order valence-corrected chi connectivity index (χ0v) is 13.4. The fourth-order valence-corrected chi connectivity index (χ4v) is 3.28. The van der Waals surface area contributed by atoms with Gasteiger partial charge in [0.15, 0.2) is 0 Å². The normalized spacial score (nSPS) is 22.9. The lowest BCUT2D eigenvalue weighted by molar-refractivity contribution is 0.104. The van der Waals surface area contributed by atoms with Crippen molar-refractivity contribution in [3.8, 4) is 0 Å². The van der Waals surface area contributed by atoms with Gasteiger partial charge in [0.05, 0.1) is 0 Å². The molecule has 1 saturated heterocycles. The highest BCUT2D eigenvalue weighted by molar-refractivity contribution is 5.29. The van der Waals surface area contributed by atoms with Gasteiger partial charge in [0.1, 0.15) is 0 Å². The van der Waals surface area contributed by atoms with Gasteiger partial charge >= 0.3 is 0 Å². The van der Waals surface area contributed by atoms with Crippen LogP contribution in [0.25, 0.3) is 0 Å². The van der Waals surface area contributed by atoms with E-state index >= 15 is 0 Å². The molecule has 2 atom stereocenters. The average molecular weight is 275 g/mol. The number of nitrogens with two attached hydrogens (primary N) is 1. The van der Waals surface area contributed by atoms with Gasteiger partial charge in [-0.1, -0.05) is 29.3 Å². The summed E-state index contributed by atoms with van der Waals surface area (Å²) in [4.78, 5) is 4.87. The van der Waals surface area contributed by atoms with E-state index in [1.165, 1.54) is 23.2 Å². The minimum absolute atomic E-state index is 0.246. The molecule has 1 heterocycles. The Kier molecular flexibility index (Phi) is 5.19. The van der Waals surface area contributed by atoms with E-state index in [2.05, 4.69) is 55.9 Å². The van der Waals surface area contributed by atoms with E-state index in [0.29, 0.717) is 6.04 Å². The van der Waals surface area contributed by atoms with E-state index in [1.807, 2.05) is 0 Å². The van der Waals surface area contributed by atoms with Crippen molar-refractivity contribution < 1.29 is 0 Å². The number of likely N-dealkylation sites (N-methyl/N-ethyl adjacent to an activating group) is 2. The van der Waals surface area contributed by atoms with Crippen LogP contribution in [-0.2, 0) is 6.42 Å². The summed E-state index contributed by atoms with van der Waals surface area (Å²) in [5, 5.41) is 0. The zero-order valence-electron chi connectivity index (χ0n) is 13.4. The Balaban J connectivity index is 1.92. The van der Waals surface area contributed by atoms with Crippen LogP contribution in [0.2, 0.25) is 0 Å². The Morgan fingerprint density at radius 1 is 1.15 bits per heavy atom. The second-order valence-corrected chi connectivity index (χ2v) is 6.59. The van der Waals surface area contributed by atoms with Crippen LogP contribution in [0.5, 0.6) is 0 Å². The van der Waals surface area contributed by atoms with Crippen LogP contribution in [0.3, 0.4) is 0 Å². The second-order valence-electron chi connectivity index (χ2n) is 6.59. The highest BCUT2D eigenvalue weighted by atomic mass is 15.3. The molecule has 1 aliphatic rings. The van der Waals surface area contributed by atoms with Crippen LogP contribution in [-0.4, -0.2) is 55.6 Å². The summed E-state index contributed by atoms with van der Waals surface area (Å²) in [5.41, 5.74) is 10.4. The van der Waals surface area contributed by atoms with Crippen molar-refractivity contribution >= 4 is 0 Å². The molecule has 2 unspecified atom stereocenters. The number of piperazine rings is 1. The summed E-state index contributed by atoms with van der Waals surface area (Å²) in [5.74, 6) is 0. The van der Waals surface area contributed by atoms with E-state index in [1.54, 1.807) is 0 Å². The zero-order chi connectivity index (χ0) is 14.7. The standard InChI is InChI=1S/C17H29N3/c1-13-7-14(2)9-15(8-13)10-16(18)11-17-12-19(3)5-6-20(17)4/h7-9,16-17H,5-6,10-12,18H2,1-4H3. The van der Waals surface area contributed by atoms with E-state index in [9.17, 15) is 0 Å². The predicted molar refractivity (Wildman–Crippen MR) is 86.1 cm³/mol. The summed E-state index contributed by atoms with van der Waals surface area (Å²) in [6.45, 7) is 7.77. The Labute approximate surface area is 123 Å². The van der Waals surface area contributed by atoms with Crippen LogP contribution in [0.4, 0.5) is 0 Å². The van der Waals surface area contributed by atoms with Gasteiger partial charge in [-0.3, -0.25) is 0 Å². The van der Waals surface area contributed by atoms with Crippen molar-refractivity contribution in [1.29, 1.82) is 0 Å². The van der Waals surface area contributed by atoms with Gasteiger partial charge in [0.25, 0.3) is 0 Å². The molecular formula is C17H29N3. The summed E-state index contributed by atoms with van der Waals surface area (Å²) in [6.07, 6.45) is 2.06. The van der Waals surface area contributed by atoms with Gasteiger partial charge in [-0.15, -0.1) is 0 Å². The van der Waals surface area contributed by atoms with Gasteiger partial charge < -0.3 is 15.5 Å². The van der Waals surface area contributed by atoms with Crippen LogP contribution >= 0.6 is 0 Å². The highest BCUT2D eigenvalue weighted by Crippen LogP contribution is 2.15. The Bertz CT molecular complexity index is 424. The van der Waals surface area contributed by atoms with Crippen LogP contribution in [0.15, 0.2) is 18.2 Å². The van der Waals surface area contributed by atoms with Gasteiger partial charge in [-0.05, 0) is 46.3 Å². The second kappa shape index (κ2) is 6.70. The lowest BCUT2D eigenvalue weighted by Crippen LogP contribution is -2.51. The SMILES string of the molecule is Cc1cc(C)cc(CC(N)CC2CN(C)CCN2C)c1. The largest absolute Gasteiger partial charge is 0.327 e. The molecule has 1 aliphatic heterocycles. The first-order valence-electron chi connectivity index (χ1n) is 7.65. The molecule has 1 fully saturated rings. The van der Waals surface area contributed by atoms with E-state index in [-0.39, 0.29) is 6.04 Å². The van der Waals surface area contributed by atoms with Crippen LogP contribution in [0, 0.1) is 13.8 Å². The Morgan fingerprint density at radius 3 is 2.45 bits per heavy atom. The van der Waals surface area contributed by atoms with Crippen LogP contribution in [0.1, 0.15) is 23.1 Å². The van der Waals surface area contributed by atoms with Crippen molar-refractivity contribution in [1.82, 2.24) is 9.80 Å². The summed E-state index contributed by atoms with van der Waals surface area (Å²) < 4.78 is 0. The van der Waals surface area contributed by atoms with Crippen molar-refractivity contribution in [3.63, 3.8) is 0 Å². The molecule has 0 aromatic heterocycles. The quantitative estimate of drug-likeness (QED) is 0.909. The van der Waals surface area contributed by atoms with Gasteiger partial charge in [-0.25, -0.2) is 0 Å². The first-order chi connectivity index (χ1) is 9.44. The maximum atomic E-state index is 6.40. The molecule has 0 radical (unpaired) electrons. The van der Waals surface area contributed by atoms with Gasteiger partial charge in [0, 0.05) is 31.7 Å². The lowest BCUT2D eigenvalue weighted by atomic mass is 9.96. The molecule has 0 bridgehead atoms. The highest BCUT2D eigenvalue weighted by Gasteiger charge is 2.24. The molecule has 3 heteroatoms. The third-order valence-corrected chi connectivity index (χ3v) is 4.33. The van der Waals surface area contributed by atoms with Crippen molar-refractivity contribution in [2.75, 3.05) is 33.7 Å². The third kappa shape index (κ3) is 4.30. The fourth-order valence-electron chi connectivity index (χ4n) is 3.28. The molecule has 3 nitrogen and oxygen atoms in total. The summed E-state index contributed by atoms with van der Waals surface area (Å²) >= 11 is 0. The van der Waals surface area contributed by atoms with E-state index < -0.39 is 0 Å². The molecule has 1 aromatic rings. The minimum atomic E-state index is 0.246. The third-order valence-electron chi connectivity index (χ3n) is 4.33. The molecule has 0 amide bonds.